The maximum atomic E-state index is 13.8. The number of amides is 3. The summed E-state index contributed by atoms with van der Waals surface area (Å²) in [7, 11) is 0. The molecule has 0 fully saturated rings. The average Bonchev–Trinajstić information content (AvgIpc) is 2.77. The van der Waals surface area contributed by atoms with Gasteiger partial charge in [-0.15, -0.1) is 0 Å². The van der Waals surface area contributed by atoms with Crippen molar-refractivity contribution < 1.29 is 18.8 Å². The summed E-state index contributed by atoms with van der Waals surface area (Å²) in [6.07, 6.45) is 0.274. The number of carbonyl (C=O) groups is 3. The van der Waals surface area contributed by atoms with Crippen molar-refractivity contribution >= 4 is 23.4 Å². The predicted octanol–water partition coefficient (Wildman–Crippen LogP) is 2.75. The van der Waals surface area contributed by atoms with Gasteiger partial charge in [-0.05, 0) is 51.0 Å². The fraction of sp³-hybridized carbons (Fsp3) is 0.318. The summed E-state index contributed by atoms with van der Waals surface area (Å²) in [5.74, 6) is -1.94. The minimum absolute atomic E-state index is 0.142. The normalized spacial score (nSPS) is 16.7. The van der Waals surface area contributed by atoms with Crippen LogP contribution < -0.4 is 10.6 Å². The van der Waals surface area contributed by atoms with Crippen molar-refractivity contribution in [2.45, 2.75) is 38.8 Å². The molecule has 0 bridgehead atoms. The minimum atomic E-state index is -1.34. The minimum Gasteiger partial charge on any atom is -0.354 e. The molecule has 0 aromatic heterocycles. The number of nitrogens with zero attached hydrogens (tertiary/aromatic N) is 1. The molecule has 2 aromatic carbocycles. The van der Waals surface area contributed by atoms with Gasteiger partial charge in [0, 0.05) is 12.1 Å². The topological polar surface area (TPSA) is 78.5 Å². The van der Waals surface area contributed by atoms with Gasteiger partial charge in [0.2, 0.25) is 0 Å². The number of benzene rings is 2. The Hall–Kier alpha value is -3.22. The van der Waals surface area contributed by atoms with E-state index >= 15 is 0 Å². The number of carbonyl (C=O) groups excluding carboxylic acids is 3. The summed E-state index contributed by atoms with van der Waals surface area (Å²) >= 11 is 0. The molecule has 2 N–H and O–H groups in total. The Morgan fingerprint density at radius 2 is 1.76 bits per heavy atom. The van der Waals surface area contributed by atoms with Crippen LogP contribution in [0.15, 0.2) is 48.5 Å². The van der Waals surface area contributed by atoms with Gasteiger partial charge in [-0.3, -0.25) is 14.4 Å². The third-order valence-electron chi connectivity index (χ3n) is 4.76. The van der Waals surface area contributed by atoms with E-state index in [1.54, 1.807) is 63.2 Å². The van der Waals surface area contributed by atoms with Crippen molar-refractivity contribution in [2.75, 3.05) is 11.9 Å². The average molecular weight is 397 g/mol. The Kier molecular flexibility index (Phi) is 5.68. The zero-order chi connectivity index (χ0) is 21.2. The number of rotatable bonds is 4. The van der Waals surface area contributed by atoms with Gasteiger partial charge in [0.1, 0.15) is 5.82 Å². The van der Waals surface area contributed by atoms with E-state index in [0.29, 0.717) is 16.8 Å². The Morgan fingerprint density at radius 1 is 1.10 bits per heavy atom. The zero-order valence-corrected chi connectivity index (χ0v) is 16.7. The van der Waals surface area contributed by atoms with E-state index in [4.69, 9.17) is 0 Å². The van der Waals surface area contributed by atoms with E-state index in [1.165, 1.54) is 11.0 Å². The van der Waals surface area contributed by atoms with Crippen LogP contribution in [0, 0.1) is 5.82 Å². The van der Waals surface area contributed by atoms with E-state index in [1.807, 2.05) is 0 Å². The van der Waals surface area contributed by atoms with Gasteiger partial charge in [-0.1, -0.05) is 30.3 Å². The van der Waals surface area contributed by atoms with E-state index in [-0.39, 0.29) is 18.8 Å². The summed E-state index contributed by atoms with van der Waals surface area (Å²) in [6, 6.07) is 11.6. The molecule has 1 heterocycles. The van der Waals surface area contributed by atoms with E-state index in [9.17, 15) is 18.8 Å². The van der Waals surface area contributed by atoms with E-state index < -0.39 is 29.3 Å². The molecule has 0 saturated carbocycles. The first kappa shape index (κ1) is 20.5. The van der Waals surface area contributed by atoms with Gasteiger partial charge < -0.3 is 15.5 Å². The number of nitrogens with one attached hydrogen (secondary N) is 2. The summed E-state index contributed by atoms with van der Waals surface area (Å²) in [5.41, 5.74) is 0.393. The highest BCUT2D eigenvalue weighted by atomic mass is 19.1. The zero-order valence-electron chi connectivity index (χ0n) is 16.7. The molecular formula is C22H24FN3O3. The van der Waals surface area contributed by atoms with Crippen molar-refractivity contribution in [3.63, 3.8) is 0 Å². The Bertz CT molecular complexity index is 952. The summed E-state index contributed by atoms with van der Waals surface area (Å²) in [4.78, 5) is 40.3. The maximum Gasteiger partial charge on any atom is 0.257 e. The second kappa shape index (κ2) is 8.03. The van der Waals surface area contributed by atoms with Crippen LogP contribution in [0.1, 0.15) is 36.7 Å². The molecule has 0 spiro atoms. The molecule has 7 heteroatoms. The van der Waals surface area contributed by atoms with Crippen LogP contribution in [0.2, 0.25) is 0 Å². The van der Waals surface area contributed by atoms with Crippen LogP contribution in [0.5, 0.6) is 0 Å². The summed E-state index contributed by atoms with van der Waals surface area (Å²) < 4.78 is 13.8. The Morgan fingerprint density at radius 3 is 2.45 bits per heavy atom. The smallest absolute Gasteiger partial charge is 0.257 e. The number of fused-ring (bicyclic) bond motifs is 1. The highest BCUT2D eigenvalue weighted by Gasteiger charge is 2.44. The maximum absolute atomic E-state index is 13.8. The van der Waals surface area contributed by atoms with Gasteiger partial charge in [0.05, 0.1) is 11.3 Å². The van der Waals surface area contributed by atoms with Crippen LogP contribution in [-0.2, 0) is 16.0 Å². The third kappa shape index (κ3) is 4.29. The lowest BCUT2D eigenvalue weighted by molar-refractivity contribution is -0.135. The molecule has 152 valence electrons. The molecule has 3 amide bonds. The van der Waals surface area contributed by atoms with Crippen LogP contribution in [0.25, 0.3) is 0 Å². The molecule has 0 saturated heterocycles. The molecule has 2 aromatic rings. The lowest BCUT2D eigenvalue weighted by atomic mass is 10.00. The third-order valence-corrected chi connectivity index (χ3v) is 4.76. The first-order valence-electron chi connectivity index (χ1n) is 9.45. The van der Waals surface area contributed by atoms with Gasteiger partial charge >= 0.3 is 0 Å². The molecule has 0 aliphatic carbocycles. The Balaban J connectivity index is 1.83. The van der Waals surface area contributed by atoms with E-state index in [0.717, 1.165) is 0 Å². The van der Waals surface area contributed by atoms with Crippen molar-refractivity contribution in [1.29, 1.82) is 0 Å². The largest absolute Gasteiger partial charge is 0.354 e. The molecule has 1 unspecified atom stereocenters. The molecule has 29 heavy (non-hydrogen) atoms. The van der Waals surface area contributed by atoms with Crippen molar-refractivity contribution in [3.8, 4) is 0 Å². The molecule has 1 atom stereocenters. The van der Waals surface area contributed by atoms with Crippen LogP contribution >= 0.6 is 0 Å². The first-order chi connectivity index (χ1) is 13.7. The van der Waals surface area contributed by atoms with Crippen molar-refractivity contribution in [1.82, 2.24) is 10.2 Å². The van der Waals surface area contributed by atoms with Crippen molar-refractivity contribution in [3.05, 3.63) is 65.5 Å². The summed E-state index contributed by atoms with van der Waals surface area (Å²) in [5, 5.41) is 5.36. The number of para-hydroxylation sites is 1. The second-order valence-electron chi connectivity index (χ2n) is 7.92. The van der Waals surface area contributed by atoms with Crippen molar-refractivity contribution in [2.24, 2.45) is 0 Å². The molecule has 6 nitrogen and oxygen atoms in total. The molecule has 3 rings (SSSR count). The highest BCUT2D eigenvalue weighted by Crippen LogP contribution is 2.28. The summed E-state index contributed by atoms with van der Waals surface area (Å²) in [6.45, 7) is 5.45. The lowest BCUT2D eigenvalue weighted by Gasteiger charge is -2.38. The SMILES string of the molecule is CC(C)(C)N1C(=O)c2ccccc2NC(=O)C1C(=O)NCCc1ccccc1F. The standard InChI is InChI=1S/C22H24FN3O3/c1-22(2,3)26-18(19(27)24-13-12-14-8-4-6-10-16(14)23)20(28)25-17-11-7-5-9-15(17)21(26)29/h4-11,18H,12-13H2,1-3H3,(H,24,27)(H,25,28). The number of hydrogen-bond donors (Lipinski definition) is 2. The predicted molar refractivity (Wildman–Crippen MR) is 108 cm³/mol. The number of halogens is 1. The second-order valence-corrected chi connectivity index (χ2v) is 7.92. The van der Waals surface area contributed by atoms with E-state index in [2.05, 4.69) is 10.6 Å². The van der Waals surface area contributed by atoms with Gasteiger partial charge in [-0.2, -0.15) is 0 Å². The number of anilines is 1. The van der Waals surface area contributed by atoms with Crippen LogP contribution in [0.3, 0.4) is 0 Å². The van der Waals surface area contributed by atoms with Crippen LogP contribution in [0.4, 0.5) is 10.1 Å². The fourth-order valence-corrected chi connectivity index (χ4v) is 3.39. The highest BCUT2D eigenvalue weighted by molar-refractivity contribution is 6.18. The quantitative estimate of drug-likeness (QED) is 0.779. The molecule has 1 aliphatic rings. The molecule has 0 radical (unpaired) electrons. The monoisotopic (exact) mass is 397 g/mol. The number of hydrogen-bond acceptors (Lipinski definition) is 3. The van der Waals surface area contributed by atoms with Gasteiger partial charge in [-0.25, -0.2) is 4.39 Å². The van der Waals surface area contributed by atoms with Crippen LogP contribution in [-0.4, -0.2) is 40.7 Å². The van der Waals surface area contributed by atoms with Gasteiger partial charge in [0.15, 0.2) is 6.04 Å². The molecule has 1 aliphatic heterocycles. The fourth-order valence-electron chi connectivity index (χ4n) is 3.39. The Labute approximate surface area is 169 Å². The first-order valence-corrected chi connectivity index (χ1v) is 9.45. The van der Waals surface area contributed by atoms with Gasteiger partial charge in [0.25, 0.3) is 17.7 Å². The lowest BCUT2D eigenvalue weighted by Crippen LogP contribution is -2.60. The molecular weight excluding hydrogens is 373 g/mol.